The zero-order valence-corrected chi connectivity index (χ0v) is 9.85. The van der Waals surface area contributed by atoms with Crippen LogP contribution in [0.5, 0.6) is 0 Å². The van der Waals surface area contributed by atoms with Gasteiger partial charge in [-0.25, -0.2) is 0 Å². The van der Waals surface area contributed by atoms with E-state index >= 15 is 0 Å². The van der Waals surface area contributed by atoms with Crippen molar-refractivity contribution in [3.05, 3.63) is 59.9 Å². The molecule has 16 heavy (non-hydrogen) atoms. The van der Waals surface area contributed by atoms with Gasteiger partial charge in [0.25, 0.3) is 0 Å². The first-order valence-corrected chi connectivity index (χ1v) is 5.75. The van der Waals surface area contributed by atoms with Gasteiger partial charge in [0.2, 0.25) is 0 Å². The molecule has 0 aliphatic heterocycles. The molecular weight excluding hydrogens is 196 g/mol. The van der Waals surface area contributed by atoms with Crippen molar-refractivity contribution in [2.45, 2.75) is 26.3 Å². The van der Waals surface area contributed by atoms with Crippen LogP contribution in [-0.2, 0) is 0 Å². The lowest BCUT2D eigenvalue weighted by Crippen LogP contribution is -2.18. The largest absolute Gasteiger partial charge is 0.319 e. The van der Waals surface area contributed by atoms with Crippen molar-refractivity contribution >= 4 is 0 Å². The molecule has 0 radical (unpaired) electrons. The molecule has 1 N–H and O–H groups in total. The number of nitrogens with zero attached hydrogens (tertiary/aromatic N) is 1. The predicted molar refractivity (Wildman–Crippen MR) is 68.0 cm³/mol. The molecule has 2 rings (SSSR count). The number of aryl methyl sites for hydroxylation is 1. The Kier molecular flexibility index (Phi) is 3.30. The molecule has 0 spiro atoms. The van der Waals surface area contributed by atoms with Crippen molar-refractivity contribution < 1.29 is 0 Å². The fraction of sp³-hybridized carbons (Fsp3) is 0.286. The van der Waals surface area contributed by atoms with Gasteiger partial charge in [0.1, 0.15) is 0 Å². The van der Waals surface area contributed by atoms with Crippen LogP contribution in [0.4, 0.5) is 0 Å². The van der Waals surface area contributed by atoms with Crippen LogP contribution in [0.2, 0.25) is 0 Å². The number of rotatable bonds is 4. The summed E-state index contributed by atoms with van der Waals surface area (Å²) in [4.78, 5) is 0. The third-order valence-corrected chi connectivity index (χ3v) is 2.80. The Labute approximate surface area is 96.9 Å². The molecule has 0 amide bonds. The second kappa shape index (κ2) is 4.88. The van der Waals surface area contributed by atoms with Crippen LogP contribution in [0.1, 0.15) is 30.5 Å². The molecule has 1 unspecified atom stereocenters. The van der Waals surface area contributed by atoms with Crippen LogP contribution >= 0.6 is 0 Å². The van der Waals surface area contributed by atoms with Crippen LogP contribution < -0.4 is 5.43 Å². The zero-order chi connectivity index (χ0) is 11.4. The molecule has 0 bridgehead atoms. The summed E-state index contributed by atoms with van der Waals surface area (Å²) in [5, 5.41) is 0. The van der Waals surface area contributed by atoms with Crippen molar-refractivity contribution in [2.24, 2.45) is 0 Å². The van der Waals surface area contributed by atoms with Crippen LogP contribution in [0.15, 0.2) is 48.8 Å². The Morgan fingerprint density at radius 2 is 1.75 bits per heavy atom. The van der Waals surface area contributed by atoms with Gasteiger partial charge in [-0.1, -0.05) is 36.8 Å². The molecule has 2 heteroatoms. The fourth-order valence-electron chi connectivity index (χ4n) is 1.80. The monoisotopic (exact) mass is 214 g/mol. The summed E-state index contributed by atoms with van der Waals surface area (Å²) in [5.41, 5.74) is 6.10. The van der Waals surface area contributed by atoms with Gasteiger partial charge >= 0.3 is 0 Å². The van der Waals surface area contributed by atoms with E-state index < -0.39 is 0 Å². The van der Waals surface area contributed by atoms with Crippen LogP contribution in [0.3, 0.4) is 0 Å². The molecule has 1 aromatic carbocycles. The Morgan fingerprint density at radius 3 is 2.31 bits per heavy atom. The SMILES string of the molecule is CCC(Nn1cccc1)c1ccc(C)cc1. The van der Waals surface area contributed by atoms with Crippen molar-refractivity contribution in [1.82, 2.24) is 4.68 Å². The topological polar surface area (TPSA) is 17.0 Å². The molecule has 2 nitrogen and oxygen atoms in total. The third-order valence-electron chi connectivity index (χ3n) is 2.80. The first kappa shape index (κ1) is 10.8. The van der Waals surface area contributed by atoms with Crippen molar-refractivity contribution in [1.29, 1.82) is 0 Å². The highest BCUT2D eigenvalue weighted by Crippen LogP contribution is 2.18. The fourth-order valence-corrected chi connectivity index (χ4v) is 1.80. The molecule has 1 atom stereocenters. The maximum absolute atomic E-state index is 3.46. The quantitative estimate of drug-likeness (QED) is 0.824. The highest BCUT2D eigenvalue weighted by Gasteiger charge is 2.07. The highest BCUT2D eigenvalue weighted by molar-refractivity contribution is 5.25. The summed E-state index contributed by atoms with van der Waals surface area (Å²) in [6, 6.07) is 13.1. The Balaban J connectivity index is 2.13. The number of hydrogen-bond donors (Lipinski definition) is 1. The molecule has 1 aromatic heterocycles. The maximum atomic E-state index is 3.46. The Bertz CT molecular complexity index is 415. The van der Waals surface area contributed by atoms with Gasteiger partial charge in [0.05, 0.1) is 6.04 Å². The van der Waals surface area contributed by atoms with E-state index in [0.29, 0.717) is 6.04 Å². The summed E-state index contributed by atoms with van der Waals surface area (Å²) < 4.78 is 2.01. The first-order valence-electron chi connectivity index (χ1n) is 5.75. The summed E-state index contributed by atoms with van der Waals surface area (Å²) >= 11 is 0. The second-order valence-electron chi connectivity index (χ2n) is 4.09. The van der Waals surface area contributed by atoms with E-state index in [0.717, 1.165) is 6.42 Å². The molecule has 0 fully saturated rings. The lowest BCUT2D eigenvalue weighted by atomic mass is 10.0. The van der Waals surface area contributed by atoms with Gasteiger partial charge < -0.3 is 5.43 Å². The Morgan fingerprint density at radius 1 is 1.12 bits per heavy atom. The molecule has 0 saturated heterocycles. The first-order chi connectivity index (χ1) is 7.79. The normalized spacial score (nSPS) is 12.4. The zero-order valence-electron chi connectivity index (χ0n) is 9.85. The van der Waals surface area contributed by atoms with Gasteiger partial charge in [0.15, 0.2) is 0 Å². The molecular formula is C14H18N2. The van der Waals surface area contributed by atoms with Gasteiger partial charge in [-0.15, -0.1) is 0 Å². The van der Waals surface area contributed by atoms with E-state index in [1.54, 1.807) is 0 Å². The minimum absolute atomic E-state index is 0.369. The summed E-state index contributed by atoms with van der Waals surface area (Å²) in [7, 11) is 0. The molecule has 0 aliphatic carbocycles. The average Bonchev–Trinajstić information content (AvgIpc) is 2.80. The molecule has 0 saturated carbocycles. The lowest BCUT2D eigenvalue weighted by molar-refractivity contribution is 0.653. The van der Waals surface area contributed by atoms with E-state index in [1.165, 1.54) is 11.1 Å². The molecule has 2 aromatic rings. The van der Waals surface area contributed by atoms with E-state index in [9.17, 15) is 0 Å². The number of nitrogens with one attached hydrogen (secondary N) is 1. The van der Waals surface area contributed by atoms with Crippen molar-refractivity contribution in [3.63, 3.8) is 0 Å². The number of aromatic nitrogens is 1. The predicted octanol–water partition coefficient (Wildman–Crippen LogP) is 3.49. The van der Waals surface area contributed by atoms with Gasteiger partial charge in [-0.3, -0.25) is 4.68 Å². The lowest BCUT2D eigenvalue weighted by Gasteiger charge is -2.19. The maximum Gasteiger partial charge on any atom is 0.0671 e. The minimum Gasteiger partial charge on any atom is -0.319 e. The summed E-state index contributed by atoms with van der Waals surface area (Å²) in [6.45, 7) is 4.31. The molecule has 0 aliphatic rings. The molecule has 1 heterocycles. The van der Waals surface area contributed by atoms with Crippen LogP contribution in [0, 0.1) is 6.92 Å². The molecule has 84 valence electrons. The van der Waals surface area contributed by atoms with Crippen molar-refractivity contribution in [3.8, 4) is 0 Å². The van der Waals surface area contributed by atoms with Crippen LogP contribution in [0.25, 0.3) is 0 Å². The average molecular weight is 214 g/mol. The number of benzene rings is 1. The summed E-state index contributed by atoms with van der Waals surface area (Å²) in [5.74, 6) is 0. The van der Waals surface area contributed by atoms with E-state index in [-0.39, 0.29) is 0 Å². The van der Waals surface area contributed by atoms with Gasteiger partial charge in [-0.2, -0.15) is 0 Å². The van der Waals surface area contributed by atoms with E-state index in [4.69, 9.17) is 0 Å². The van der Waals surface area contributed by atoms with Gasteiger partial charge in [-0.05, 0) is 31.0 Å². The Hall–Kier alpha value is -1.70. The van der Waals surface area contributed by atoms with E-state index in [2.05, 4.69) is 43.5 Å². The third kappa shape index (κ3) is 2.45. The standard InChI is InChI=1S/C14H18N2/c1-3-14(15-16-10-4-5-11-16)13-8-6-12(2)7-9-13/h4-11,14-15H,3H2,1-2H3. The number of hydrogen-bond acceptors (Lipinski definition) is 1. The summed E-state index contributed by atoms with van der Waals surface area (Å²) in [6.07, 6.45) is 5.12. The minimum atomic E-state index is 0.369. The smallest absolute Gasteiger partial charge is 0.0671 e. The van der Waals surface area contributed by atoms with E-state index in [1.807, 2.05) is 29.2 Å². The van der Waals surface area contributed by atoms with Gasteiger partial charge in [0, 0.05) is 12.4 Å². The second-order valence-corrected chi connectivity index (χ2v) is 4.09. The van der Waals surface area contributed by atoms with Crippen molar-refractivity contribution in [2.75, 3.05) is 5.43 Å². The van der Waals surface area contributed by atoms with Crippen LogP contribution in [-0.4, -0.2) is 4.68 Å². The highest BCUT2D eigenvalue weighted by atomic mass is 15.4.